The summed E-state index contributed by atoms with van der Waals surface area (Å²) in [5.74, 6) is -0.843. The molecule has 7 nitrogen and oxygen atoms in total. The van der Waals surface area contributed by atoms with Gasteiger partial charge >= 0.3 is 5.97 Å². The van der Waals surface area contributed by atoms with Gasteiger partial charge in [0.15, 0.2) is 10.8 Å². The third kappa shape index (κ3) is 2.18. The zero-order chi connectivity index (χ0) is 16.7. The van der Waals surface area contributed by atoms with Crippen LogP contribution in [-0.4, -0.2) is 38.7 Å². The summed E-state index contributed by atoms with van der Waals surface area (Å²) < 4.78 is 1.70. The Kier molecular flexibility index (Phi) is 3.53. The second-order valence-corrected chi connectivity index (χ2v) is 6.42. The Morgan fingerprint density at radius 2 is 2.00 bits per heavy atom. The molecular formula is C16H14N4O3S. The van der Waals surface area contributed by atoms with Gasteiger partial charge in [0.25, 0.3) is 0 Å². The molecule has 0 amide bonds. The number of aromatic carboxylic acids is 1. The first-order chi connectivity index (χ1) is 11.7. The van der Waals surface area contributed by atoms with E-state index in [2.05, 4.69) is 9.97 Å². The van der Waals surface area contributed by atoms with Crippen LogP contribution in [0.3, 0.4) is 0 Å². The summed E-state index contributed by atoms with van der Waals surface area (Å²) in [7, 11) is 0. The summed E-state index contributed by atoms with van der Waals surface area (Å²) in [5.41, 5.74) is -0.280. The molecule has 1 N–H and O–H groups in total. The molecule has 0 bridgehead atoms. The first-order valence-electron chi connectivity index (χ1n) is 7.60. The number of hydrogen-bond acceptors (Lipinski definition) is 6. The Morgan fingerprint density at radius 3 is 2.67 bits per heavy atom. The van der Waals surface area contributed by atoms with Gasteiger partial charge in [0, 0.05) is 30.9 Å². The van der Waals surface area contributed by atoms with Crippen LogP contribution in [0.15, 0.2) is 34.7 Å². The first kappa shape index (κ1) is 14.8. The van der Waals surface area contributed by atoms with Gasteiger partial charge in [-0.1, -0.05) is 0 Å². The van der Waals surface area contributed by atoms with Crippen molar-refractivity contribution in [2.24, 2.45) is 0 Å². The third-order valence-corrected chi connectivity index (χ3v) is 4.89. The lowest BCUT2D eigenvalue weighted by atomic mass is 10.1. The highest BCUT2D eigenvalue weighted by molar-refractivity contribution is 7.12. The van der Waals surface area contributed by atoms with Crippen molar-refractivity contribution in [2.45, 2.75) is 12.8 Å². The molecule has 0 unspecified atom stereocenters. The van der Waals surface area contributed by atoms with E-state index in [0.29, 0.717) is 29.7 Å². The minimum atomic E-state index is -1.22. The highest BCUT2D eigenvalue weighted by Crippen LogP contribution is 2.30. The molecule has 0 spiro atoms. The molecule has 1 aliphatic heterocycles. The lowest BCUT2D eigenvalue weighted by Gasteiger charge is -2.24. The van der Waals surface area contributed by atoms with E-state index < -0.39 is 11.4 Å². The Morgan fingerprint density at radius 1 is 1.21 bits per heavy atom. The summed E-state index contributed by atoms with van der Waals surface area (Å²) in [6.45, 7) is 1.42. The van der Waals surface area contributed by atoms with Crippen molar-refractivity contribution in [1.29, 1.82) is 0 Å². The van der Waals surface area contributed by atoms with Crippen molar-refractivity contribution in [3.05, 3.63) is 45.7 Å². The number of thiazole rings is 1. The summed E-state index contributed by atoms with van der Waals surface area (Å²) >= 11 is 1.38. The normalized spacial score (nSPS) is 14.4. The molecule has 0 saturated carbocycles. The summed E-state index contributed by atoms with van der Waals surface area (Å²) in [6, 6.07) is 3.24. The molecule has 0 radical (unpaired) electrons. The van der Waals surface area contributed by atoms with E-state index >= 15 is 0 Å². The number of carbonyl (C=O) groups is 1. The van der Waals surface area contributed by atoms with Gasteiger partial charge in [0.2, 0.25) is 5.43 Å². The minimum absolute atomic E-state index is 0.215. The molecule has 0 atom stereocenters. The van der Waals surface area contributed by atoms with E-state index in [-0.39, 0.29) is 10.9 Å². The number of aromatic nitrogens is 3. The van der Waals surface area contributed by atoms with Crippen LogP contribution < -0.4 is 10.3 Å². The van der Waals surface area contributed by atoms with Gasteiger partial charge in [-0.05, 0) is 25.0 Å². The second kappa shape index (κ2) is 5.72. The van der Waals surface area contributed by atoms with Crippen molar-refractivity contribution in [2.75, 3.05) is 18.0 Å². The molecule has 1 aliphatic rings. The molecule has 3 aromatic rings. The van der Waals surface area contributed by atoms with Gasteiger partial charge in [0.1, 0.15) is 11.4 Å². The molecule has 8 heteroatoms. The predicted octanol–water partition coefficient (Wildman–Crippen LogP) is 2.14. The van der Waals surface area contributed by atoms with Crippen LogP contribution in [0.4, 0.5) is 5.82 Å². The number of nitrogens with zero attached hydrogens (tertiary/aromatic N) is 4. The van der Waals surface area contributed by atoms with Crippen LogP contribution in [0, 0.1) is 0 Å². The highest BCUT2D eigenvalue weighted by Gasteiger charge is 2.29. The van der Waals surface area contributed by atoms with Gasteiger partial charge in [0.05, 0.1) is 5.39 Å². The van der Waals surface area contributed by atoms with Crippen LogP contribution >= 0.6 is 11.3 Å². The maximum absolute atomic E-state index is 12.8. The van der Waals surface area contributed by atoms with Crippen molar-refractivity contribution >= 4 is 34.2 Å². The average molecular weight is 342 g/mol. The fraction of sp³-hybridized carbons (Fsp3) is 0.250. The van der Waals surface area contributed by atoms with Gasteiger partial charge in [-0.25, -0.2) is 14.8 Å². The average Bonchev–Trinajstić information content (AvgIpc) is 3.28. The van der Waals surface area contributed by atoms with Crippen molar-refractivity contribution in [3.63, 3.8) is 0 Å². The first-order valence-corrected chi connectivity index (χ1v) is 8.48. The third-order valence-electron chi connectivity index (χ3n) is 4.14. The maximum atomic E-state index is 12.8. The number of carboxylic acid groups (broad SMARTS) is 1. The number of pyridine rings is 2. The standard InChI is InChI=1S/C16H14N4O3S/c21-12-10-4-3-5-17-13(10)20(16-18-6-9-24-16)14(11(12)15(22)23)19-7-1-2-8-19/h3-6,9H,1-2,7-8H2,(H,22,23). The molecule has 1 fully saturated rings. The topological polar surface area (TPSA) is 88.3 Å². The monoisotopic (exact) mass is 342 g/mol. The summed E-state index contributed by atoms with van der Waals surface area (Å²) in [5, 5.41) is 12.4. The van der Waals surface area contributed by atoms with E-state index in [1.54, 1.807) is 29.1 Å². The Bertz CT molecular complexity index is 975. The number of carboxylic acids is 1. The number of fused-ring (bicyclic) bond motifs is 1. The van der Waals surface area contributed by atoms with Crippen LogP contribution in [0.5, 0.6) is 0 Å². The Hall–Kier alpha value is -2.74. The molecule has 24 heavy (non-hydrogen) atoms. The fourth-order valence-electron chi connectivity index (χ4n) is 3.13. The van der Waals surface area contributed by atoms with Crippen LogP contribution in [0.1, 0.15) is 23.2 Å². The van der Waals surface area contributed by atoms with Crippen molar-refractivity contribution < 1.29 is 9.90 Å². The minimum Gasteiger partial charge on any atom is -0.477 e. The van der Waals surface area contributed by atoms with Crippen molar-refractivity contribution in [1.82, 2.24) is 14.5 Å². The zero-order valence-corrected chi connectivity index (χ0v) is 13.5. The Labute approximate surface area is 140 Å². The molecule has 0 aromatic carbocycles. The predicted molar refractivity (Wildman–Crippen MR) is 91.4 cm³/mol. The maximum Gasteiger partial charge on any atom is 0.343 e. The quantitative estimate of drug-likeness (QED) is 0.784. The van der Waals surface area contributed by atoms with E-state index in [0.717, 1.165) is 12.8 Å². The Balaban J connectivity index is 2.19. The van der Waals surface area contributed by atoms with Gasteiger partial charge in [-0.15, -0.1) is 11.3 Å². The van der Waals surface area contributed by atoms with Crippen LogP contribution in [0.25, 0.3) is 16.2 Å². The summed E-state index contributed by atoms with van der Waals surface area (Å²) in [6.07, 6.45) is 5.18. The molecule has 4 heterocycles. The number of anilines is 1. The molecule has 1 saturated heterocycles. The van der Waals surface area contributed by atoms with Gasteiger partial charge < -0.3 is 10.0 Å². The van der Waals surface area contributed by atoms with Gasteiger partial charge in [-0.3, -0.25) is 9.36 Å². The van der Waals surface area contributed by atoms with E-state index in [1.165, 1.54) is 11.3 Å². The SMILES string of the molecule is O=C(O)c1c(N2CCCC2)n(-c2nccs2)c2ncccc2c1=O. The van der Waals surface area contributed by atoms with E-state index in [4.69, 9.17) is 0 Å². The molecule has 122 valence electrons. The van der Waals surface area contributed by atoms with Gasteiger partial charge in [-0.2, -0.15) is 0 Å². The molecular weight excluding hydrogens is 328 g/mol. The number of rotatable bonds is 3. The highest BCUT2D eigenvalue weighted by atomic mass is 32.1. The second-order valence-electron chi connectivity index (χ2n) is 5.55. The molecule has 4 rings (SSSR count). The van der Waals surface area contributed by atoms with Crippen LogP contribution in [0.2, 0.25) is 0 Å². The smallest absolute Gasteiger partial charge is 0.343 e. The lowest BCUT2D eigenvalue weighted by molar-refractivity contribution is 0.0696. The van der Waals surface area contributed by atoms with E-state index in [9.17, 15) is 14.7 Å². The zero-order valence-electron chi connectivity index (χ0n) is 12.7. The molecule has 3 aromatic heterocycles. The van der Waals surface area contributed by atoms with Crippen molar-refractivity contribution in [3.8, 4) is 5.13 Å². The largest absolute Gasteiger partial charge is 0.477 e. The fourth-order valence-corrected chi connectivity index (χ4v) is 3.77. The summed E-state index contributed by atoms with van der Waals surface area (Å²) in [4.78, 5) is 35.3. The lowest BCUT2D eigenvalue weighted by Crippen LogP contribution is -2.30. The number of hydrogen-bond donors (Lipinski definition) is 1. The molecule has 0 aliphatic carbocycles. The van der Waals surface area contributed by atoms with Crippen LogP contribution in [-0.2, 0) is 0 Å². The van der Waals surface area contributed by atoms with E-state index in [1.807, 2.05) is 10.3 Å².